The number of hydrogen-bond donors (Lipinski definition) is 4. The molecular formula is C5H12N2O3. The molecule has 0 saturated carbocycles. The standard InChI is InChI=1S/C5H12N2O3/c1-3(5(6,9)10)7-4(2)8/h3,9-10H,6H2,1-2H3,(H,7,8). The molecule has 1 atom stereocenters. The second-order valence-corrected chi connectivity index (χ2v) is 2.21. The molecule has 0 aromatic carbocycles. The molecule has 5 nitrogen and oxygen atoms in total. The van der Waals surface area contributed by atoms with Crippen LogP contribution in [-0.2, 0) is 4.79 Å². The molecule has 1 amide bonds. The molecule has 5 N–H and O–H groups in total. The third kappa shape index (κ3) is 3.39. The molecule has 0 aliphatic rings. The second kappa shape index (κ2) is 2.96. The average Bonchev–Trinajstić information content (AvgIpc) is 1.60. The highest BCUT2D eigenvalue weighted by molar-refractivity contribution is 5.73. The highest BCUT2D eigenvalue weighted by atomic mass is 16.5. The normalized spacial score (nSPS) is 14.5. The Bertz CT molecular complexity index is 129. The van der Waals surface area contributed by atoms with Gasteiger partial charge in [0.25, 0.3) is 0 Å². The largest absolute Gasteiger partial charge is 0.352 e. The minimum Gasteiger partial charge on any atom is -0.352 e. The van der Waals surface area contributed by atoms with Crippen molar-refractivity contribution in [1.29, 1.82) is 0 Å². The first-order valence-electron chi connectivity index (χ1n) is 2.84. The maximum Gasteiger partial charge on any atom is 0.240 e. The van der Waals surface area contributed by atoms with Gasteiger partial charge in [0.15, 0.2) is 0 Å². The fraction of sp³-hybridized carbons (Fsp3) is 0.800. The molecular weight excluding hydrogens is 136 g/mol. The summed E-state index contributed by atoms with van der Waals surface area (Å²) in [5, 5.41) is 19.5. The summed E-state index contributed by atoms with van der Waals surface area (Å²) < 4.78 is 0. The van der Waals surface area contributed by atoms with Crippen molar-refractivity contribution in [2.45, 2.75) is 25.8 Å². The predicted molar refractivity (Wildman–Crippen MR) is 34.6 cm³/mol. The van der Waals surface area contributed by atoms with E-state index in [1.165, 1.54) is 13.8 Å². The number of carbonyl (C=O) groups excluding carboxylic acids is 1. The topological polar surface area (TPSA) is 95.6 Å². The van der Waals surface area contributed by atoms with Crippen LogP contribution < -0.4 is 11.1 Å². The molecule has 0 aliphatic heterocycles. The van der Waals surface area contributed by atoms with E-state index in [4.69, 9.17) is 15.9 Å². The highest BCUT2D eigenvalue weighted by Crippen LogP contribution is 1.95. The molecule has 0 radical (unpaired) electrons. The number of nitrogens with two attached hydrogens (primary N) is 1. The van der Waals surface area contributed by atoms with Crippen molar-refractivity contribution in [2.75, 3.05) is 0 Å². The lowest BCUT2D eigenvalue weighted by molar-refractivity contribution is -0.177. The summed E-state index contributed by atoms with van der Waals surface area (Å²) in [5.41, 5.74) is 4.82. The van der Waals surface area contributed by atoms with Gasteiger partial charge in [0, 0.05) is 6.92 Å². The van der Waals surface area contributed by atoms with Crippen LogP contribution in [0.4, 0.5) is 0 Å². The van der Waals surface area contributed by atoms with Crippen molar-refractivity contribution in [3.63, 3.8) is 0 Å². The van der Waals surface area contributed by atoms with Gasteiger partial charge < -0.3 is 15.5 Å². The Morgan fingerprint density at radius 1 is 1.70 bits per heavy atom. The van der Waals surface area contributed by atoms with E-state index >= 15 is 0 Å². The van der Waals surface area contributed by atoms with Crippen LogP contribution >= 0.6 is 0 Å². The molecule has 0 saturated heterocycles. The van der Waals surface area contributed by atoms with Crippen LogP contribution in [0.5, 0.6) is 0 Å². The van der Waals surface area contributed by atoms with Crippen LogP contribution in [0.3, 0.4) is 0 Å². The van der Waals surface area contributed by atoms with E-state index in [-0.39, 0.29) is 5.91 Å². The third-order valence-electron chi connectivity index (χ3n) is 1.06. The smallest absolute Gasteiger partial charge is 0.240 e. The van der Waals surface area contributed by atoms with Gasteiger partial charge in [-0.25, -0.2) is 0 Å². The number of carbonyl (C=O) groups is 1. The zero-order chi connectivity index (χ0) is 8.36. The zero-order valence-electron chi connectivity index (χ0n) is 5.96. The fourth-order valence-corrected chi connectivity index (χ4v) is 0.411. The summed E-state index contributed by atoms with van der Waals surface area (Å²) in [4.78, 5) is 10.3. The zero-order valence-corrected chi connectivity index (χ0v) is 5.96. The van der Waals surface area contributed by atoms with E-state index in [0.717, 1.165) is 0 Å². The van der Waals surface area contributed by atoms with Gasteiger partial charge in [0.2, 0.25) is 11.8 Å². The van der Waals surface area contributed by atoms with Crippen LogP contribution in [0, 0.1) is 0 Å². The molecule has 0 aromatic rings. The second-order valence-electron chi connectivity index (χ2n) is 2.21. The summed E-state index contributed by atoms with van der Waals surface area (Å²) in [6.45, 7) is 2.66. The summed E-state index contributed by atoms with van der Waals surface area (Å²) in [6.07, 6.45) is 0. The lowest BCUT2D eigenvalue weighted by atomic mass is 10.2. The number of rotatable bonds is 2. The van der Waals surface area contributed by atoms with Gasteiger partial charge in [0.05, 0.1) is 6.04 Å². The predicted octanol–water partition coefficient (Wildman–Crippen LogP) is -1.89. The Morgan fingerprint density at radius 3 is 2.20 bits per heavy atom. The van der Waals surface area contributed by atoms with Crippen molar-refractivity contribution in [2.24, 2.45) is 5.73 Å². The van der Waals surface area contributed by atoms with Gasteiger partial charge in [0.1, 0.15) is 0 Å². The minimum absolute atomic E-state index is 0.356. The number of amides is 1. The first-order chi connectivity index (χ1) is 4.34. The van der Waals surface area contributed by atoms with Crippen molar-refractivity contribution < 1.29 is 15.0 Å². The summed E-state index contributed by atoms with van der Waals surface area (Å²) >= 11 is 0. The lowest BCUT2D eigenvalue weighted by Gasteiger charge is -2.23. The molecule has 10 heavy (non-hydrogen) atoms. The Morgan fingerprint density at radius 2 is 2.10 bits per heavy atom. The Hall–Kier alpha value is -0.650. The van der Waals surface area contributed by atoms with Crippen LogP contribution in [0.1, 0.15) is 13.8 Å². The maximum atomic E-state index is 10.3. The molecule has 60 valence electrons. The number of hydrogen-bond acceptors (Lipinski definition) is 4. The van der Waals surface area contributed by atoms with Gasteiger partial charge in [-0.1, -0.05) is 0 Å². The molecule has 0 rings (SSSR count). The Kier molecular flexibility index (Phi) is 2.77. The first kappa shape index (κ1) is 9.35. The summed E-state index contributed by atoms with van der Waals surface area (Å²) in [6, 6.07) is -0.870. The molecule has 0 aromatic heterocycles. The molecule has 5 heteroatoms. The van der Waals surface area contributed by atoms with Crippen LogP contribution in [-0.4, -0.2) is 28.1 Å². The SMILES string of the molecule is CC(=O)NC(C)C(N)(O)O. The average molecular weight is 148 g/mol. The van der Waals surface area contributed by atoms with Gasteiger partial charge in [-0.15, -0.1) is 0 Å². The van der Waals surface area contributed by atoms with Gasteiger partial charge in [-0.05, 0) is 6.92 Å². The highest BCUT2D eigenvalue weighted by Gasteiger charge is 2.25. The molecule has 1 unspecified atom stereocenters. The third-order valence-corrected chi connectivity index (χ3v) is 1.06. The quantitative estimate of drug-likeness (QED) is 0.344. The minimum atomic E-state index is -2.34. The Labute approximate surface area is 58.8 Å². The van der Waals surface area contributed by atoms with E-state index < -0.39 is 12.0 Å². The van der Waals surface area contributed by atoms with E-state index in [2.05, 4.69) is 5.32 Å². The van der Waals surface area contributed by atoms with Gasteiger partial charge in [-0.2, -0.15) is 0 Å². The summed E-state index contributed by atoms with van der Waals surface area (Å²) in [7, 11) is 0. The van der Waals surface area contributed by atoms with E-state index in [9.17, 15) is 4.79 Å². The van der Waals surface area contributed by atoms with E-state index in [1.54, 1.807) is 0 Å². The van der Waals surface area contributed by atoms with E-state index in [0.29, 0.717) is 0 Å². The number of nitrogens with one attached hydrogen (secondary N) is 1. The van der Waals surface area contributed by atoms with Crippen molar-refractivity contribution >= 4 is 5.91 Å². The lowest BCUT2D eigenvalue weighted by Crippen LogP contribution is -2.56. The Balaban J connectivity index is 3.85. The number of aliphatic hydroxyl groups is 2. The summed E-state index contributed by atoms with van der Waals surface area (Å²) in [5.74, 6) is -2.70. The van der Waals surface area contributed by atoms with Crippen molar-refractivity contribution in [1.82, 2.24) is 5.32 Å². The van der Waals surface area contributed by atoms with Crippen LogP contribution in [0.15, 0.2) is 0 Å². The maximum absolute atomic E-state index is 10.3. The van der Waals surface area contributed by atoms with Crippen molar-refractivity contribution in [3.8, 4) is 0 Å². The molecule has 0 bridgehead atoms. The van der Waals surface area contributed by atoms with Gasteiger partial charge >= 0.3 is 0 Å². The molecule has 0 spiro atoms. The van der Waals surface area contributed by atoms with Crippen molar-refractivity contribution in [3.05, 3.63) is 0 Å². The molecule has 0 heterocycles. The van der Waals surface area contributed by atoms with Crippen LogP contribution in [0.25, 0.3) is 0 Å². The van der Waals surface area contributed by atoms with Crippen LogP contribution in [0.2, 0.25) is 0 Å². The first-order valence-corrected chi connectivity index (χ1v) is 2.84. The molecule has 0 aliphatic carbocycles. The van der Waals surface area contributed by atoms with Gasteiger partial charge in [-0.3, -0.25) is 10.5 Å². The van der Waals surface area contributed by atoms with E-state index in [1.807, 2.05) is 0 Å². The molecule has 0 fully saturated rings. The monoisotopic (exact) mass is 148 g/mol. The fourth-order valence-electron chi connectivity index (χ4n) is 0.411.